The van der Waals surface area contributed by atoms with Crippen molar-refractivity contribution in [2.24, 2.45) is 5.41 Å². The maximum Gasteiger partial charge on any atom is 0.254 e. The average Bonchev–Trinajstić information content (AvgIpc) is 3.18. The molecule has 29 heavy (non-hydrogen) atoms. The van der Waals surface area contributed by atoms with Crippen LogP contribution in [0.5, 0.6) is 0 Å². The molecular weight excluding hydrogens is 482 g/mol. The molecule has 7 heteroatoms. The van der Waals surface area contributed by atoms with Gasteiger partial charge >= 0.3 is 0 Å². The van der Waals surface area contributed by atoms with Gasteiger partial charge in [-0.05, 0) is 58.8 Å². The van der Waals surface area contributed by atoms with Gasteiger partial charge in [0.1, 0.15) is 11.3 Å². The van der Waals surface area contributed by atoms with Crippen LogP contribution in [0, 0.1) is 14.8 Å². The van der Waals surface area contributed by atoms with Crippen LogP contribution < -0.4 is 0 Å². The lowest BCUT2D eigenvalue weighted by atomic mass is 9.96. The summed E-state index contributed by atoms with van der Waals surface area (Å²) in [6, 6.07) is 8.48. The standard InChI is InChI=1S/C22H22FIN4O/c1-12(2)19-17(24)18-16(27(19)15-8-6-14(23)7-9-15)10-13-11-25-28(20(13)26-18)21(29)22(3,4)5/h6-12H,1-5H3. The number of hydrogen-bond donors (Lipinski definition) is 0. The summed E-state index contributed by atoms with van der Waals surface area (Å²) in [5, 5.41) is 5.10. The van der Waals surface area contributed by atoms with Crippen molar-refractivity contribution in [1.29, 1.82) is 0 Å². The number of pyridine rings is 1. The Hall–Kier alpha value is -2.29. The monoisotopic (exact) mass is 504 g/mol. The van der Waals surface area contributed by atoms with Gasteiger partial charge in [-0.1, -0.05) is 34.6 Å². The van der Waals surface area contributed by atoms with Gasteiger partial charge in [0.15, 0.2) is 5.65 Å². The molecule has 4 aromatic rings. The Morgan fingerprint density at radius 2 is 1.83 bits per heavy atom. The van der Waals surface area contributed by atoms with E-state index in [9.17, 15) is 9.18 Å². The summed E-state index contributed by atoms with van der Waals surface area (Å²) >= 11 is 2.31. The smallest absolute Gasteiger partial charge is 0.254 e. The number of carbonyl (C=O) groups excluding carboxylic acids is 1. The van der Waals surface area contributed by atoms with E-state index in [4.69, 9.17) is 4.98 Å². The molecule has 0 N–H and O–H groups in total. The van der Waals surface area contributed by atoms with Gasteiger partial charge in [0.05, 0.1) is 15.3 Å². The minimum absolute atomic E-state index is 0.101. The summed E-state index contributed by atoms with van der Waals surface area (Å²) < 4.78 is 18.0. The summed E-state index contributed by atoms with van der Waals surface area (Å²) in [6.45, 7) is 9.86. The Morgan fingerprint density at radius 3 is 2.41 bits per heavy atom. The highest BCUT2D eigenvalue weighted by Gasteiger charge is 2.27. The van der Waals surface area contributed by atoms with Gasteiger partial charge in [-0.2, -0.15) is 9.78 Å². The highest BCUT2D eigenvalue weighted by Crippen LogP contribution is 2.35. The first kappa shape index (κ1) is 20.0. The summed E-state index contributed by atoms with van der Waals surface area (Å²) in [5.41, 5.74) is 3.71. The van der Waals surface area contributed by atoms with Crippen molar-refractivity contribution in [2.45, 2.75) is 40.5 Å². The van der Waals surface area contributed by atoms with Crippen LogP contribution >= 0.6 is 22.6 Å². The van der Waals surface area contributed by atoms with Crippen molar-refractivity contribution in [3.05, 3.63) is 51.6 Å². The number of carbonyl (C=O) groups is 1. The number of aromatic nitrogens is 4. The van der Waals surface area contributed by atoms with E-state index in [1.54, 1.807) is 18.3 Å². The molecule has 0 fully saturated rings. The predicted molar refractivity (Wildman–Crippen MR) is 121 cm³/mol. The topological polar surface area (TPSA) is 52.7 Å². The van der Waals surface area contributed by atoms with E-state index in [-0.39, 0.29) is 17.6 Å². The molecule has 3 heterocycles. The summed E-state index contributed by atoms with van der Waals surface area (Å²) in [6.07, 6.45) is 1.68. The largest absolute Gasteiger partial charge is 0.311 e. The highest BCUT2D eigenvalue weighted by molar-refractivity contribution is 14.1. The maximum atomic E-state index is 13.5. The molecule has 0 saturated heterocycles. The molecule has 0 aliphatic rings. The molecule has 0 amide bonds. The summed E-state index contributed by atoms with van der Waals surface area (Å²) in [4.78, 5) is 17.7. The number of nitrogens with zero attached hydrogens (tertiary/aromatic N) is 4. The Labute approximate surface area is 182 Å². The van der Waals surface area contributed by atoms with E-state index in [0.29, 0.717) is 5.65 Å². The number of benzene rings is 1. The van der Waals surface area contributed by atoms with Crippen LogP contribution in [0.25, 0.3) is 27.8 Å². The summed E-state index contributed by atoms with van der Waals surface area (Å²) in [5.74, 6) is -0.137. The van der Waals surface area contributed by atoms with Crippen molar-refractivity contribution in [1.82, 2.24) is 19.3 Å². The quantitative estimate of drug-likeness (QED) is 0.318. The lowest BCUT2D eigenvalue weighted by Crippen LogP contribution is -2.27. The molecular formula is C22H22FIN4O. The second kappa shape index (κ2) is 6.90. The summed E-state index contributed by atoms with van der Waals surface area (Å²) in [7, 11) is 0. The first-order valence-electron chi connectivity index (χ1n) is 9.49. The fourth-order valence-corrected chi connectivity index (χ4v) is 4.74. The first-order valence-corrected chi connectivity index (χ1v) is 10.6. The van der Waals surface area contributed by atoms with Crippen LogP contribution in [0.2, 0.25) is 0 Å². The zero-order valence-corrected chi connectivity index (χ0v) is 19.2. The Morgan fingerprint density at radius 1 is 1.17 bits per heavy atom. The van der Waals surface area contributed by atoms with Gasteiger partial charge in [-0.25, -0.2) is 9.37 Å². The molecule has 0 spiro atoms. The number of hydrogen-bond acceptors (Lipinski definition) is 3. The first-order chi connectivity index (χ1) is 13.6. The van der Waals surface area contributed by atoms with E-state index in [0.717, 1.165) is 31.4 Å². The van der Waals surface area contributed by atoms with Crippen LogP contribution in [-0.4, -0.2) is 25.2 Å². The Bertz CT molecular complexity index is 1250. The lowest BCUT2D eigenvalue weighted by Gasteiger charge is -2.16. The van der Waals surface area contributed by atoms with Gasteiger partial charge in [-0.3, -0.25) is 4.79 Å². The van der Waals surface area contributed by atoms with E-state index in [1.165, 1.54) is 16.8 Å². The number of fused-ring (bicyclic) bond motifs is 2. The van der Waals surface area contributed by atoms with E-state index >= 15 is 0 Å². The van der Waals surface area contributed by atoms with E-state index in [1.807, 2.05) is 26.8 Å². The number of halogens is 2. The molecule has 0 atom stereocenters. The van der Waals surface area contributed by atoms with Gasteiger partial charge in [0.25, 0.3) is 5.91 Å². The fraction of sp³-hybridized carbons (Fsp3) is 0.318. The third-order valence-electron chi connectivity index (χ3n) is 4.90. The lowest BCUT2D eigenvalue weighted by molar-refractivity contribution is 0.0754. The molecule has 5 nitrogen and oxygen atoms in total. The van der Waals surface area contributed by atoms with E-state index < -0.39 is 5.41 Å². The van der Waals surface area contributed by atoms with Crippen molar-refractivity contribution in [2.75, 3.05) is 0 Å². The molecule has 0 saturated carbocycles. The molecule has 1 aromatic carbocycles. The normalized spacial score (nSPS) is 12.4. The maximum absolute atomic E-state index is 13.5. The van der Waals surface area contributed by atoms with Gasteiger partial charge in [0, 0.05) is 22.2 Å². The van der Waals surface area contributed by atoms with Crippen LogP contribution in [0.3, 0.4) is 0 Å². The molecule has 150 valence electrons. The fourth-order valence-electron chi connectivity index (χ4n) is 3.47. The highest BCUT2D eigenvalue weighted by atomic mass is 127. The van der Waals surface area contributed by atoms with Crippen molar-refractivity contribution >= 4 is 50.6 Å². The Balaban J connectivity index is 2.05. The third-order valence-corrected chi connectivity index (χ3v) is 5.97. The van der Waals surface area contributed by atoms with E-state index in [2.05, 4.69) is 46.1 Å². The number of rotatable bonds is 2. The van der Waals surface area contributed by atoms with Crippen LogP contribution in [0.1, 0.15) is 51.0 Å². The third kappa shape index (κ3) is 3.25. The molecule has 0 unspecified atom stereocenters. The van der Waals surface area contributed by atoms with Crippen LogP contribution in [-0.2, 0) is 0 Å². The van der Waals surface area contributed by atoms with Crippen molar-refractivity contribution in [3.63, 3.8) is 0 Å². The molecule has 3 aromatic heterocycles. The van der Waals surface area contributed by atoms with Gasteiger partial charge in [0.2, 0.25) is 0 Å². The minimum Gasteiger partial charge on any atom is -0.311 e. The second-order valence-electron chi connectivity index (χ2n) is 8.55. The van der Waals surface area contributed by atoms with Crippen LogP contribution in [0.15, 0.2) is 36.5 Å². The molecule has 0 radical (unpaired) electrons. The SMILES string of the molecule is CC(C)c1c(I)c2nc3c(cnn3C(=O)C(C)(C)C)cc2n1-c1ccc(F)cc1. The minimum atomic E-state index is -0.564. The zero-order valence-electron chi connectivity index (χ0n) is 17.0. The van der Waals surface area contributed by atoms with Gasteiger partial charge < -0.3 is 4.57 Å². The van der Waals surface area contributed by atoms with Crippen molar-refractivity contribution < 1.29 is 9.18 Å². The van der Waals surface area contributed by atoms with Crippen molar-refractivity contribution in [3.8, 4) is 5.69 Å². The Kier molecular flexibility index (Phi) is 4.76. The second-order valence-corrected chi connectivity index (χ2v) is 9.62. The zero-order chi connectivity index (χ0) is 21.1. The predicted octanol–water partition coefficient (Wildman–Crippen LogP) is 5.93. The molecule has 0 aliphatic heterocycles. The molecule has 0 bridgehead atoms. The van der Waals surface area contributed by atoms with Gasteiger partial charge in [-0.15, -0.1) is 0 Å². The molecule has 4 rings (SSSR count). The molecule has 0 aliphatic carbocycles. The van der Waals surface area contributed by atoms with Crippen LogP contribution in [0.4, 0.5) is 4.39 Å². The average molecular weight is 504 g/mol.